The zero-order valence-corrected chi connectivity index (χ0v) is 11.6. The van der Waals surface area contributed by atoms with Gasteiger partial charge < -0.3 is 5.32 Å². The van der Waals surface area contributed by atoms with Crippen LogP contribution in [0, 0.1) is 5.82 Å². The van der Waals surface area contributed by atoms with E-state index in [1.165, 1.54) is 6.07 Å². The van der Waals surface area contributed by atoms with Gasteiger partial charge in [0.25, 0.3) is 0 Å². The normalized spacial score (nSPS) is 14.3. The van der Waals surface area contributed by atoms with Crippen LogP contribution in [0.25, 0.3) is 0 Å². The van der Waals surface area contributed by atoms with Crippen molar-refractivity contribution in [2.75, 3.05) is 19.6 Å². The summed E-state index contributed by atoms with van der Waals surface area (Å²) in [6, 6.07) is 7.17. The summed E-state index contributed by atoms with van der Waals surface area (Å²) in [5.41, 5.74) is 0.974. The van der Waals surface area contributed by atoms with Gasteiger partial charge >= 0.3 is 0 Å². The van der Waals surface area contributed by atoms with E-state index < -0.39 is 0 Å². The monoisotopic (exact) mass is 276 g/mol. The van der Waals surface area contributed by atoms with Crippen LogP contribution in [0.2, 0.25) is 0 Å². The smallest absolute Gasteiger partial charge is 0.234 e. The molecule has 1 aromatic rings. The summed E-state index contributed by atoms with van der Waals surface area (Å²) in [5, 5.41) is 2.79. The van der Waals surface area contributed by atoms with Crippen molar-refractivity contribution in [2.24, 2.45) is 0 Å². The highest BCUT2D eigenvalue weighted by molar-refractivity contribution is 5.78. The number of carbonyl (C=O) groups is 1. The van der Waals surface area contributed by atoms with Gasteiger partial charge in [-0.15, -0.1) is 6.58 Å². The maximum Gasteiger partial charge on any atom is 0.234 e. The van der Waals surface area contributed by atoms with Gasteiger partial charge in [0.05, 0.1) is 6.54 Å². The van der Waals surface area contributed by atoms with Crippen LogP contribution < -0.4 is 5.32 Å². The fourth-order valence-corrected chi connectivity index (χ4v) is 2.22. The SMILES string of the molecule is C=CCNC(=O)CN(CCc1cccc(F)c1)C1CC1. The van der Waals surface area contributed by atoms with Crippen molar-refractivity contribution in [1.29, 1.82) is 0 Å². The molecule has 0 radical (unpaired) electrons. The van der Waals surface area contributed by atoms with E-state index in [1.807, 2.05) is 6.07 Å². The molecule has 1 aliphatic rings. The summed E-state index contributed by atoms with van der Waals surface area (Å²) in [6.07, 6.45) is 4.74. The lowest BCUT2D eigenvalue weighted by Crippen LogP contribution is -2.39. The van der Waals surface area contributed by atoms with E-state index in [0.29, 0.717) is 19.1 Å². The average molecular weight is 276 g/mol. The summed E-state index contributed by atoms with van der Waals surface area (Å²) in [5.74, 6) is -0.180. The van der Waals surface area contributed by atoms with Crippen LogP contribution in [0.15, 0.2) is 36.9 Å². The van der Waals surface area contributed by atoms with Crippen LogP contribution in [0.3, 0.4) is 0 Å². The Bertz CT molecular complexity index is 471. The van der Waals surface area contributed by atoms with Crippen LogP contribution in [0.5, 0.6) is 0 Å². The fourth-order valence-electron chi connectivity index (χ4n) is 2.22. The lowest BCUT2D eigenvalue weighted by molar-refractivity contribution is -0.122. The molecule has 1 aliphatic carbocycles. The van der Waals surface area contributed by atoms with Gasteiger partial charge in [-0.25, -0.2) is 4.39 Å². The highest BCUT2D eigenvalue weighted by atomic mass is 19.1. The Morgan fingerprint density at radius 2 is 2.30 bits per heavy atom. The average Bonchev–Trinajstić information content (AvgIpc) is 3.25. The maximum absolute atomic E-state index is 13.1. The van der Waals surface area contributed by atoms with Crippen LogP contribution in [-0.4, -0.2) is 36.5 Å². The van der Waals surface area contributed by atoms with Crippen LogP contribution >= 0.6 is 0 Å². The lowest BCUT2D eigenvalue weighted by atomic mass is 10.1. The second kappa shape index (κ2) is 7.20. The molecule has 0 atom stereocenters. The third kappa shape index (κ3) is 4.78. The molecule has 2 rings (SSSR count). The van der Waals surface area contributed by atoms with Gasteiger partial charge in [-0.3, -0.25) is 9.69 Å². The Hall–Kier alpha value is -1.68. The fraction of sp³-hybridized carbons (Fsp3) is 0.438. The summed E-state index contributed by atoms with van der Waals surface area (Å²) in [6.45, 7) is 5.28. The molecule has 4 heteroatoms. The van der Waals surface area contributed by atoms with E-state index in [0.717, 1.165) is 31.4 Å². The maximum atomic E-state index is 13.1. The summed E-state index contributed by atoms with van der Waals surface area (Å²) < 4.78 is 13.1. The van der Waals surface area contributed by atoms with Crippen molar-refractivity contribution in [3.63, 3.8) is 0 Å². The molecule has 1 aromatic carbocycles. The van der Waals surface area contributed by atoms with Gasteiger partial charge in [0.15, 0.2) is 0 Å². The van der Waals surface area contributed by atoms with Gasteiger partial charge in [-0.05, 0) is 37.0 Å². The number of carbonyl (C=O) groups excluding carboxylic acids is 1. The minimum atomic E-state index is -0.204. The Kier molecular flexibility index (Phi) is 5.30. The Morgan fingerprint density at radius 1 is 1.50 bits per heavy atom. The highest BCUT2D eigenvalue weighted by Crippen LogP contribution is 2.26. The number of halogens is 1. The van der Waals surface area contributed by atoms with E-state index in [9.17, 15) is 9.18 Å². The van der Waals surface area contributed by atoms with E-state index in [2.05, 4.69) is 16.8 Å². The number of hydrogen-bond acceptors (Lipinski definition) is 2. The molecule has 0 aliphatic heterocycles. The van der Waals surface area contributed by atoms with Gasteiger partial charge in [-0.1, -0.05) is 18.2 Å². The molecule has 1 saturated carbocycles. The Balaban J connectivity index is 1.83. The van der Waals surface area contributed by atoms with Crippen molar-refractivity contribution >= 4 is 5.91 Å². The molecule has 0 spiro atoms. The van der Waals surface area contributed by atoms with Crippen molar-refractivity contribution < 1.29 is 9.18 Å². The lowest BCUT2D eigenvalue weighted by Gasteiger charge is -2.21. The van der Waals surface area contributed by atoms with E-state index in [-0.39, 0.29) is 11.7 Å². The molecule has 1 N–H and O–H groups in total. The summed E-state index contributed by atoms with van der Waals surface area (Å²) in [4.78, 5) is 13.9. The predicted octanol–water partition coefficient (Wildman–Crippen LogP) is 2.13. The van der Waals surface area contributed by atoms with E-state index in [4.69, 9.17) is 0 Å². The highest BCUT2D eigenvalue weighted by Gasteiger charge is 2.29. The van der Waals surface area contributed by atoms with Crippen LogP contribution in [0.4, 0.5) is 4.39 Å². The van der Waals surface area contributed by atoms with Crippen molar-refractivity contribution in [2.45, 2.75) is 25.3 Å². The first-order valence-electron chi connectivity index (χ1n) is 7.05. The number of benzene rings is 1. The summed E-state index contributed by atoms with van der Waals surface area (Å²) in [7, 11) is 0. The van der Waals surface area contributed by atoms with E-state index in [1.54, 1.807) is 18.2 Å². The molecule has 0 heterocycles. The van der Waals surface area contributed by atoms with Crippen molar-refractivity contribution in [3.05, 3.63) is 48.3 Å². The number of nitrogens with one attached hydrogen (secondary N) is 1. The van der Waals surface area contributed by atoms with Gasteiger partial charge in [0.2, 0.25) is 5.91 Å². The van der Waals surface area contributed by atoms with Crippen LogP contribution in [-0.2, 0) is 11.2 Å². The largest absolute Gasteiger partial charge is 0.352 e. The number of hydrogen-bond donors (Lipinski definition) is 1. The van der Waals surface area contributed by atoms with Gasteiger partial charge in [0.1, 0.15) is 5.82 Å². The number of rotatable bonds is 8. The van der Waals surface area contributed by atoms with Crippen molar-refractivity contribution in [3.8, 4) is 0 Å². The number of nitrogens with zero attached hydrogens (tertiary/aromatic N) is 1. The van der Waals surface area contributed by atoms with Crippen molar-refractivity contribution in [1.82, 2.24) is 10.2 Å². The third-order valence-corrected chi connectivity index (χ3v) is 3.43. The summed E-state index contributed by atoms with van der Waals surface area (Å²) >= 11 is 0. The predicted molar refractivity (Wildman–Crippen MR) is 77.9 cm³/mol. The molecule has 0 saturated heterocycles. The minimum absolute atomic E-state index is 0.0241. The molecular formula is C16H21FN2O. The van der Waals surface area contributed by atoms with Gasteiger partial charge in [-0.2, -0.15) is 0 Å². The molecule has 3 nitrogen and oxygen atoms in total. The quantitative estimate of drug-likeness (QED) is 0.738. The molecule has 20 heavy (non-hydrogen) atoms. The first-order valence-corrected chi connectivity index (χ1v) is 7.05. The molecule has 0 aromatic heterocycles. The zero-order chi connectivity index (χ0) is 14.4. The first-order chi connectivity index (χ1) is 9.69. The molecule has 0 bridgehead atoms. The second-order valence-corrected chi connectivity index (χ2v) is 5.17. The molecule has 0 unspecified atom stereocenters. The third-order valence-electron chi connectivity index (χ3n) is 3.43. The van der Waals surface area contributed by atoms with Gasteiger partial charge in [0, 0.05) is 19.1 Å². The molecule has 1 amide bonds. The molecule has 1 fully saturated rings. The number of amides is 1. The zero-order valence-electron chi connectivity index (χ0n) is 11.6. The van der Waals surface area contributed by atoms with E-state index >= 15 is 0 Å². The Morgan fingerprint density at radius 3 is 2.95 bits per heavy atom. The Labute approximate surface area is 119 Å². The minimum Gasteiger partial charge on any atom is -0.352 e. The topological polar surface area (TPSA) is 32.3 Å². The molecular weight excluding hydrogens is 255 g/mol. The molecule has 108 valence electrons. The van der Waals surface area contributed by atoms with Crippen LogP contribution in [0.1, 0.15) is 18.4 Å². The second-order valence-electron chi connectivity index (χ2n) is 5.17. The standard InChI is InChI=1S/C16H21FN2O/c1-2-9-18-16(20)12-19(15-6-7-15)10-8-13-4-3-5-14(17)11-13/h2-5,11,15H,1,6-10,12H2,(H,18,20). The first kappa shape index (κ1) is 14.7.